The summed E-state index contributed by atoms with van der Waals surface area (Å²) in [6.45, 7) is 5.31. The summed E-state index contributed by atoms with van der Waals surface area (Å²) in [4.78, 5) is 11.4. The fraction of sp³-hybridized carbons (Fsp3) is 0.750. The minimum Gasteiger partial charge on any atom is -0.377 e. The van der Waals surface area contributed by atoms with Crippen LogP contribution in [0, 0.1) is 5.92 Å². The SMILES string of the molecule is C=CCOCCCC(=O)NCC(N)C1CC1.Cl. The van der Waals surface area contributed by atoms with Crippen LogP contribution in [0.2, 0.25) is 0 Å². The lowest BCUT2D eigenvalue weighted by molar-refractivity contribution is -0.121. The zero-order chi connectivity index (χ0) is 11.8. The predicted octanol–water partition coefficient (Wildman–Crippen LogP) is 1.24. The summed E-state index contributed by atoms with van der Waals surface area (Å²) < 4.78 is 5.18. The number of carbonyl (C=O) groups is 1. The van der Waals surface area contributed by atoms with Gasteiger partial charge in [0.05, 0.1) is 6.61 Å². The Bertz CT molecular complexity index is 233. The second kappa shape index (κ2) is 9.45. The highest BCUT2D eigenvalue weighted by atomic mass is 35.5. The van der Waals surface area contributed by atoms with E-state index in [1.807, 2.05) is 0 Å². The van der Waals surface area contributed by atoms with Gasteiger partial charge in [0.15, 0.2) is 0 Å². The molecule has 4 nitrogen and oxygen atoms in total. The molecule has 0 radical (unpaired) electrons. The third-order valence-corrected chi connectivity index (χ3v) is 2.69. The summed E-state index contributed by atoms with van der Waals surface area (Å²) >= 11 is 0. The van der Waals surface area contributed by atoms with Crippen molar-refractivity contribution >= 4 is 18.3 Å². The Morgan fingerprint density at radius 1 is 1.59 bits per heavy atom. The smallest absolute Gasteiger partial charge is 0.220 e. The van der Waals surface area contributed by atoms with Crippen molar-refractivity contribution in [1.82, 2.24) is 5.32 Å². The molecule has 1 aliphatic rings. The van der Waals surface area contributed by atoms with E-state index in [9.17, 15) is 4.79 Å². The molecule has 17 heavy (non-hydrogen) atoms. The van der Waals surface area contributed by atoms with Crippen molar-refractivity contribution < 1.29 is 9.53 Å². The van der Waals surface area contributed by atoms with Gasteiger partial charge in [0.1, 0.15) is 0 Å². The molecule has 0 saturated heterocycles. The lowest BCUT2D eigenvalue weighted by Crippen LogP contribution is -2.38. The van der Waals surface area contributed by atoms with Gasteiger partial charge in [0, 0.05) is 25.6 Å². The van der Waals surface area contributed by atoms with E-state index >= 15 is 0 Å². The van der Waals surface area contributed by atoms with Crippen molar-refractivity contribution in [3.05, 3.63) is 12.7 Å². The van der Waals surface area contributed by atoms with Crippen LogP contribution in [0.1, 0.15) is 25.7 Å². The zero-order valence-electron chi connectivity index (χ0n) is 10.2. The van der Waals surface area contributed by atoms with Crippen LogP contribution < -0.4 is 11.1 Å². The van der Waals surface area contributed by atoms with Gasteiger partial charge in [-0.05, 0) is 25.2 Å². The summed E-state index contributed by atoms with van der Waals surface area (Å²) in [5.74, 6) is 0.703. The number of halogens is 1. The average Bonchev–Trinajstić information content (AvgIpc) is 3.09. The first-order chi connectivity index (χ1) is 7.74. The highest BCUT2D eigenvalue weighted by Crippen LogP contribution is 2.31. The minimum absolute atomic E-state index is 0. The molecule has 0 aliphatic heterocycles. The van der Waals surface area contributed by atoms with Gasteiger partial charge >= 0.3 is 0 Å². The first kappa shape index (κ1) is 16.4. The number of ether oxygens (including phenoxy) is 1. The van der Waals surface area contributed by atoms with Crippen molar-refractivity contribution in [2.24, 2.45) is 11.7 Å². The Hall–Kier alpha value is -0.580. The molecule has 1 saturated carbocycles. The molecule has 0 heterocycles. The highest BCUT2D eigenvalue weighted by molar-refractivity contribution is 5.85. The molecule has 0 aromatic rings. The third-order valence-electron chi connectivity index (χ3n) is 2.69. The summed E-state index contributed by atoms with van der Waals surface area (Å²) in [7, 11) is 0. The Morgan fingerprint density at radius 2 is 2.29 bits per heavy atom. The molecule has 3 N–H and O–H groups in total. The quantitative estimate of drug-likeness (QED) is 0.486. The topological polar surface area (TPSA) is 64.3 Å². The van der Waals surface area contributed by atoms with E-state index in [0.29, 0.717) is 32.1 Å². The van der Waals surface area contributed by atoms with Crippen LogP contribution in [0.3, 0.4) is 0 Å². The van der Waals surface area contributed by atoms with Gasteiger partial charge in [0.2, 0.25) is 5.91 Å². The van der Waals surface area contributed by atoms with Crippen molar-refractivity contribution in [2.45, 2.75) is 31.7 Å². The number of carbonyl (C=O) groups excluding carboxylic acids is 1. The maximum absolute atomic E-state index is 11.4. The molecule has 1 atom stereocenters. The van der Waals surface area contributed by atoms with Crippen molar-refractivity contribution in [2.75, 3.05) is 19.8 Å². The van der Waals surface area contributed by atoms with Crippen LogP contribution in [0.15, 0.2) is 12.7 Å². The minimum atomic E-state index is 0. The number of amides is 1. The van der Waals surface area contributed by atoms with E-state index in [0.717, 1.165) is 6.42 Å². The molecular formula is C12H23ClN2O2. The fourth-order valence-corrected chi connectivity index (χ4v) is 1.51. The summed E-state index contributed by atoms with van der Waals surface area (Å²) in [5.41, 5.74) is 5.87. The van der Waals surface area contributed by atoms with Gasteiger partial charge in [-0.25, -0.2) is 0 Å². The summed E-state index contributed by atoms with van der Waals surface area (Å²) in [6.07, 6.45) is 5.39. The highest BCUT2D eigenvalue weighted by Gasteiger charge is 2.28. The molecule has 1 aliphatic carbocycles. The van der Waals surface area contributed by atoms with E-state index in [4.69, 9.17) is 10.5 Å². The Balaban J connectivity index is 0.00000256. The molecule has 1 rings (SSSR count). The molecule has 1 amide bonds. The van der Waals surface area contributed by atoms with E-state index in [-0.39, 0.29) is 24.4 Å². The molecule has 1 fully saturated rings. The maximum Gasteiger partial charge on any atom is 0.220 e. The van der Waals surface area contributed by atoms with E-state index in [2.05, 4.69) is 11.9 Å². The number of nitrogens with one attached hydrogen (secondary N) is 1. The second-order valence-corrected chi connectivity index (χ2v) is 4.27. The molecule has 0 bridgehead atoms. The molecule has 1 unspecified atom stereocenters. The van der Waals surface area contributed by atoms with Crippen molar-refractivity contribution in [3.8, 4) is 0 Å². The third kappa shape index (κ3) is 8.18. The van der Waals surface area contributed by atoms with E-state index < -0.39 is 0 Å². The number of hydrogen-bond acceptors (Lipinski definition) is 3. The lowest BCUT2D eigenvalue weighted by Gasteiger charge is -2.11. The monoisotopic (exact) mass is 262 g/mol. The van der Waals surface area contributed by atoms with Crippen LogP contribution in [0.4, 0.5) is 0 Å². The number of rotatable bonds is 9. The standard InChI is InChI=1S/C12H22N2O2.ClH/c1-2-7-16-8-3-4-12(15)14-9-11(13)10-5-6-10;/h2,10-11H,1,3-9,13H2,(H,14,15);1H. The van der Waals surface area contributed by atoms with Gasteiger partial charge in [-0.3, -0.25) is 4.79 Å². The predicted molar refractivity (Wildman–Crippen MR) is 71.2 cm³/mol. The normalized spacial score (nSPS) is 15.8. The van der Waals surface area contributed by atoms with Gasteiger partial charge in [0.25, 0.3) is 0 Å². The van der Waals surface area contributed by atoms with Crippen LogP contribution in [0.25, 0.3) is 0 Å². The zero-order valence-corrected chi connectivity index (χ0v) is 11.0. The number of hydrogen-bond donors (Lipinski definition) is 2. The molecule has 5 heteroatoms. The van der Waals surface area contributed by atoms with Gasteiger partial charge in [-0.1, -0.05) is 6.08 Å². The number of nitrogens with two attached hydrogens (primary N) is 1. The van der Waals surface area contributed by atoms with Gasteiger partial charge in [-0.15, -0.1) is 19.0 Å². The van der Waals surface area contributed by atoms with Crippen LogP contribution in [-0.4, -0.2) is 31.7 Å². The van der Waals surface area contributed by atoms with E-state index in [1.165, 1.54) is 12.8 Å². The van der Waals surface area contributed by atoms with Gasteiger partial charge in [-0.2, -0.15) is 0 Å². The van der Waals surface area contributed by atoms with E-state index in [1.54, 1.807) is 6.08 Å². The Kier molecular flexibility index (Phi) is 9.13. The Morgan fingerprint density at radius 3 is 2.88 bits per heavy atom. The first-order valence-corrected chi connectivity index (χ1v) is 5.95. The second-order valence-electron chi connectivity index (χ2n) is 4.27. The molecule has 0 aromatic heterocycles. The largest absolute Gasteiger partial charge is 0.377 e. The van der Waals surface area contributed by atoms with Crippen molar-refractivity contribution in [1.29, 1.82) is 0 Å². The van der Waals surface area contributed by atoms with Crippen LogP contribution >= 0.6 is 12.4 Å². The maximum atomic E-state index is 11.4. The molecule has 100 valence electrons. The van der Waals surface area contributed by atoms with Crippen LogP contribution in [0.5, 0.6) is 0 Å². The van der Waals surface area contributed by atoms with Crippen LogP contribution in [-0.2, 0) is 9.53 Å². The molecular weight excluding hydrogens is 240 g/mol. The fourth-order valence-electron chi connectivity index (χ4n) is 1.51. The summed E-state index contributed by atoms with van der Waals surface area (Å²) in [5, 5.41) is 2.86. The molecule has 0 aromatic carbocycles. The summed E-state index contributed by atoms with van der Waals surface area (Å²) in [6, 6.07) is 0.140. The van der Waals surface area contributed by atoms with Crippen molar-refractivity contribution in [3.63, 3.8) is 0 Å². The van der Waals surface area contributed by atoms with Gasteiger partial charge < -0.3 is 15.8 Å². The Labute approximate surface area is 109 Å². The lowest BCUT2D eigenvalue weighted by atomic mass is 10.2. The average molecular weight is 263 g/mol. The first-order valence-electron chi connectivity index (χ1n) is 5.95. The molecule has 0 spiro atoms.